The van der Waals surface area contributed by atoms with Crippen LogP contribution >= 0.6 is 0 Å². The van der Waals surface area contributed by atoms with E-state index in [1.807, 2.05) is 0 Å². The number of nitrogens with zero attached hydrogens (tertiary/aromatic N) is 4. The van der Waals surface area contributed by atoms with Crippen LogP contribution in [0.1, 0.15) is 16.4 Å². The van der Waals surface area contributed by atoms with Gasteiger partial charge in [-0.2, -0.15) is 0 Å². The Labute approximate surface area is 97.2 Å². The Balaban J connectivity index is 2.29. The highest BCUT2D eigenvalue weighted by Crippen LogP contribution is 2.11. The Morgan fingerprint density at radius 1 is 1.00 bits per heavy atom. The summed E-state index contributed by atoms with van der Waals surface area (Å²) in [4.78, 5) is 42.2. The van der Waals surface area contributed by atoms with Gasteiger partial charge in [0.15, 0.2) is 0 Å². The SMILES string of the molecule is O=C(c1ncc([N+](=O)[O-])[nH]1)c1ncc([N+](=O)[O-])[nH]1. The summed E-state index contributed by atoms with van der Waals surface area (Å²) in [7, 11) is 0. The van der Waals surface area contributed by atoms with Crippen molar-refractivity contribution >= 4 is 17.4 Å². The third kappa shape index (κ3) is 1.91. The number of imidazole rings is 2. The molecule has 11 nitrogen and oxygen atoms in total. The molecule has 0 radical (unpaired) electrons. The second-order valence-electron chi connectivity index (χ2n) is 3.08. The third-order valence-electron chi connectivity index (χ3n) is 1.95. The van der Waals surface area contributed by atoms with E-state index in [2.05, 4.69) is 19.9 Å². The topological polar surface area (TPSA) is 161 Å². The molecule has 0 saturated carbocycles. The molecule has 0 aliphatic carbocycles. The summed E-state index contributed by atoms with van der Waals surface area (Å²) < 4.78 is 0. The number of carbonyl (C=O) groups excluding carboxylic acids is 1. The fraction of sp³-hybridized carbons (Fsp3) is 0. The molecule has 2 rings (SSSR count). The van der Waals surface area contributed by atoms with Crippen LogP contribution in [-0.2, 0) is 0 Å². The van der Waals surface area contributed by atoms with E-state index in [-0.39, 0.29) is 11.6 Å². The molecule has 11 heteroatoms. The van der Waals surface area contributed by atoms with Crippen LogP contribution in [0, 0.1) is 20.2 Å². The van der Waals surface area contributed by atoms with Crippen LogP contribution in [0.5, 0.6) is 0 Å². The first-order chi connectivity index (χ1) is 8.49. The van der Waals surface area contributed by atoms with Crippen molar-refractivity contribution in [1.29, 1.82) is 0 Å². The minimum atomic E-state index is -0.809. The Morgan fingerprint density at radius 3 is 1.67 bits per heavy atom. The van der Waals surface area contributed by atoms with Crippen molar-refractivity contribution in [2.75, 3.05) is 0 Å². The van der Waals surface area contributed by atoms with E-state index < -0.39 is 27.3 Å². The van der Waals surface area contributed by atoms with Gasteiger partial charge < -0.3 is 20.2 Å². The smallest absolute Gasteiger partial charge is 0.341 e. The second-order valence-corrected chi connectivity index (χ2v) is 3.08. The quantitative estimate of drug-likeness (QED) is 0.445. The van der Waals surface area contributed by atoms with Crippen LogP contribution < -0.4 is 0 Å². The van der Waals surface area contributed by atoms with E-state index in [0.717, 1.165) is 12.4 Å². The zero-order valence-electron chi connectivity index (χ0n) is 8.48. The predicted octanol–water partition coefficient (Wildman–Crippen LogP) is 0.180. The van der Waals surface area contributed by atoms with Crippen LogP contribution in [-0.4, -0.2) is 35.6 Å². The molecular formula is C7H4N6O5. The van der Waals surface area contributed by atoms with Crippen molar-refractivity contribution in [1.82, 2.24) is 19.9 Å². The van der Waals surface area contributed by atoms with Gasteiger partial charge in [0.1, 0.15) is 12.4 Å². The van der Waals surface area contributed by atoms with Crippen LogP contribution in [0.4, 0.5) is 11.6 Å². The molecule has 0 spiro atoms. The molecule has 0 fully saturated rings. The summed E-state index contributed by atoms with van der Waals surface area (Å²) in [6, 6.07) is 0. The Bertz CT molecular complexity index is 588. The van der Waals surface area contributed by atoms with Crippen molar-refractivity contribution in [3.05, 3.63) is 44.3 Å². The standard InChI is InChI=1S/C7H4N6O5/c14-5(6-8-1-3(10-6)12(15)16)7-9-2-4(11-7)13(17)18/h1-2H,(H,8,10)(H,9,11). The average Bonchev–Trinajstić information content (AvgIpc) is 2.97. The Hall–Kier alpha value is -3.11. The first kappa shape index (κ1) is 11.4. The maximum atomic E-state index is 11.7. The fourth-order valence-corrected chi connectivity index (χ4v) is 1.15. The number of ketones is 1. The van der Waals surface area contributed by atoms with Crippen LogP contribution in [0.3, 0.4) is 0 Å². The highest BCUT2D eigenvalue weighted by molar-refractivity contribution is 6.04. The van der Waals surface area contributed by atoms with Crippen molar-refractivity contribution < 1.29 is 14.6 Å². The monoisotopic (exact) mass is 252 g/mol. The van der Waals surface area contributed by atoms with Gasteiger partial charge in [0.2, 0.25) is 0 Å². The van der Waals surface area contributed by atoms with Gasteiger partial charge in [-0.1, -0.05) is 0 Å². The molecule has 0 atom stereocenters. The summed E-state index contributed by atoms with van der Waals surface area (Å²) in [6.45, 7) is 0. The van der Waals surface area contributed by atoms with Gasteiger partial charge in [-0.3, -0.25) is 4.79 Å². The van der Waals surface area contributed by atoms with Crippen molar-refractivity contribution in [3.8, 4) is 0 Å². The number of H-pyrrole nitrogens is 2. The minimum absolute atomic E-state index is 0.328. The van der Waals surface area contributed by atoms with Crippen LogP contribution in [0.25, 0.3) is 0 Å². The summed E-state index contributed by atoms with van der Waals surface area (Å²) in [6.07, 6.45) is 1.73. The lowest BCUT2D eigenvalue weighted by Gasteiger charge is -1.87. The number of hydrogen-bond acceptors (Lipinski definition) is 7. The maximum absolute atomic E-state index is 11.7. The van der Waals surface area contributed by atoms with Gasteiger partial charge in [0.25, 0.3) is 11.6 Å². The normalized spacial score (nSPS) is 10.2. The Kier molecular flexibility index (Phi) is 2.56. The summed E-state index contributed by atoms with van der Waals surface area (Å²) >= 11 is 0. The maximum Gasteiger partial charge on any atom is 0.341 e. The molecule has 2 N–H and O–H groups in total. The fourth-order valence-electron chi connectivity index (χ4n) is 1.15. The van der Waals surface area contributed by atoms with Gasteiger partial charge in [-0.05, 0) is 9.85 Å². The third-order valence-corrected chi connectivity index (χ3v) is 1.95. The van der Waals surface area contributed by atoms with E-state index in [0.29, 0.717) is 0 Å². The minimum Gasteiger partial charge on any atom is -0.358 e. The number of aromatic amines is 2. The van der Waals surface area contributed by atoms with Gasteiger partial charge >= 0.3 is 17.4 Å². The molecule has 18 heavy (non-hydrogen) atoms. The number of carbonyl (C=O) groups is 1. The molecule has 92 valence electrons. The van der Waals surface area contributed by atoms with Crippen molar-refractivity contribution in [3.63, 3.8) is 0 Å². The van der Waals surface area contributed by atoms with Gasteiger partial charge in [-0.25, -0.2) is 19.9 Å². The van der Waals surface area contributed by atoms with E-state index in [4.69, 9.17) is 0 Å². The molecular weight excluding hydrogens is 248 g/mol. The van der Waals surface area contributed by atoms with E-state index >= 15 is 0 Å². The van der Waals surface area contributed by atoms with Crippen LogP contribution in [0.15, 0.2) is 12.4 Å². The zero-order valence-corrected chi connectivity index (χ0v) is 8.48. The van der Waals surface area contributed by atoms with Gasteiger partial charge in [0.05, 0.1) is 0 Å². The van der Waals surface area contributed by atoms with Gasteiger partial charge in [-0.15, -0.1) is 0 Å². The van der Waals surface area contributed by atoms with Crippen LogP contribution in [0.2, 0.25) is 0 Å². The lowest BCUT2D eigenvalue weighted by Crippen LogP contribution is -2.06. The number of rotatable bonds is 4. The van der Waals surface area contributed by atoms with E-state index in [9.17, 15) is 25.0 Å². The largest absolute Gasteiger partial charge is 0.358 e. The van der Waals surface area contributed by atoms with E-state index in [1.54, 1.807) is 0 Å². The Morgan fingerprint density at radius 2 is 1.39 bits per heavy atom. The molecule has 0 bridgehead atoms. The summed E-state index contributed by atoms with van der Waals surface area (Å²) in [5.41, 5.74) is 0. The number of nitrogens with one attached hydrogen (secondary N) is 2. The van der Waals surface area contributed by atoms with Crippen molar-refractivity contribution in [2.45, 2.75) is 0 Å². The first-order valence-electron chi connectivity index (χ1n) is 4.42. The molecule has 2 aromatic heterocycles. The lowest BCUT2D eigenvalue weighted by molar-refractivity contribution is -0.389. The van der Waals surface area contributed by atoms with E-state index in [1.165, 1.54) is 0 Å². The zero-order chi connectivity index (χ0) is 13.3. The molecule has 0 aromatic carbocycles. The molecule has 2 heterocycles. The predicted molar refractivity (Wildman–Crippen MR) is 53.9 cm³/mol. The van der Waals surface area contributed by atoms with Gasteiger partial charge in [0, 0.05) is 0 Å². The number of nitro groups is 2. The highest BCUT2D eigenvalue weighted by atomic mass is 16.6. The second kappa shape index (κ2) is 4.04. The molecule has 0 saturated heterocycles. The molecule has 0 unspecified atom stereocenters. The summed E-state index contributed by atoms with van der Waals surface area (Å²) in [5.74, 6) is -2.38. The molecule has 2 aromatic rings. The molecule has 0 aliphatic rings. The highest BCUT2D eigenvalue weighted by Gasteiger charge is 2.25. The molecule has 0 amide bonds. The molecule has 0 aliphatic heterocycles. The van der Waals surface area contributed by atoms with Crippen molar-refractivity contribution in [2.24, 2.45) is 0 Å². The first-order valence-corrected chi connectivity index (χ1v) is 4.42. The number of hydrogen-bond donors (Lipinski definition) is 2. The average molecular weight is 252 g/mol. The number of aromatic nitrogens is 4. The lowest BCUT2D eigenvalue weighted by atomic mass is 10.3. The summed E-state index contributed by atoms with van der Waals surface area (Å²) in [5, 5.41) is 20.8.